The molecule has 31 heavy (non-hydrogen) atoms. The van der Waals surface area contributed by atoms with Crippen molar-refractivity contribution in [2.24, 2.45) is 0 Å². The van der Waals surface area contributed by atoms with Crippen molar-refractivity contribution in [3.8, 4) is 5.75 Å². The van der Waals surface area contributed by atoms with Gasteiger partial charge in [0.1, 0.15) is 18.0 Å². The molecule has 2 saturated heterocycles. The van der Waals surface area contributed by atoms with E-state index in [0.717, 1.165) is 11.3 Å². The van der Waals surface area contributed by atoms with Gasteiger partial charge in [-0.2, -0.15) is 0 Å². The zero-order valence-corrected chi connectivity index (χ0v) is 20.9. The summed E-state index contributed by atoms with van der Waals surface area (Å²) in [6.45, 7) is 14.7. The molecule has 1 aromatic rings. The van der Waals surface area contributed by atoms with Crippen LogP contribution in [0.3, 0.4) is 0 Å². The molecular formula is C23H36O7Si. The number of ether oxygens (including phenoxy) is 5. The van der Waals surface area contributed by atoms with Crippen LogP contribution in [0.4, 0.5) is 0 Å². The van der Waals surface area contributed by atoms with Gasteiger partial charge in [0.15, 0.2) is 32.3 Å². The maximum atomic E-state index is 13.0. The van der Waals surface area contributed by atoms with E-state index in [0.29, 0.717) is 6.61 Å². The standard InChI is InChI=1S/C23H36O7Si/c1-22(2,3)31(7,8)27-14-17(24)18-19-20(30-23(4,5)29-19)21(28-18)26-13-15-9-11-16(25-6)12-10-15/h9-12,18-21H,13-14H2,1-8H3/t18-,19+,20+,21+/m1/s1. The monoisotopic (exact) mass is 452 g/mol. The molecule has 0 aliphatic carbocycles. The van der Waals surface area contributed by atoms with E-state index in [9.17, 15) is 4.79 Å². The Morgan fingerprint density at radius 2 is 1.71 bits per heavy atom. The first-order valence-corrected chi connectivity index (χ1v) is 13.7. The minimum absolute atomic E-state index is 0.000628. The van der Waals surface area contributed by atoms with Crippen molar-refractivity contribution >= 4 is 14.1 Å². The van der Waals surface area contributed by atoms with E-state index in [4.69, 9.17) is 28.1 Å². The molecule has 2 aliphatic rings. The zero-order valence-electron chi connectivity index (χ0n) is 19.9. The van der Waals surface area contributed by atoms with E-state index in [-0.39, 0.29) is 17.4 Å². The molecule has 0 radical (unpaired) electrons. The van der Waals surface area contributed by atoms with Crippen molar-refractivity contribution in [3.63, 3.8) is 0 Å². The molecule has 0 aromatic heterocycles. The fourth-order valence-electron chi connectivity index (χ4n) is 3.40. The second-order valence-corrected chi connectivity index (χ2v) is 15.0. The van der Waals surface area contributed by atoms with Gasteiger partial charge in [0.2, 0.25) is 0 Å². The second-order valence-electron chi connectivity index (χ2n) is 10.2. The van der Waals surface area contributed by atoms with Crippen molar-refractivity contribution in [2.75, 3.05) is 13.7 Å². The summed E-state index contributed by atoms with van der Waals surface area (Å²) in [7, 11) is -0.427. The number of rotatable bonds is 8. The number of benzene rings is 1. The summed E-state index contributed by atoms with van der Waals surface area (Å²) < 4.78 is 35.3. The van der Waals surface area contributed by atoms with E-state index in [1.165, 1.54) is 0 Å². The van der Waals surface area contributed by atoms with Crippen LogP contribution in [-0.2, 0) is 34.8 Å². The molecule has 0 unspecified atom stereocenters. The van der Waals surface area contributed by atoms with Gasteiger partial charge in [0.25, 0.3) is 0 Å². The fraction of sp³-hybridized carbons (Fsp3) is 0.696. The van der Waals surface area contributed by atoms with Gasteiger partial charge in [-0.15, -0.1) is 0 Å². The van der Waals surface area contributed by atoms with Gasteiger partial charge in [0.05, 0.1) is 20.3 Å². The largest absolute Gasteiger partial charge is 0.497 e. The van der Waals surface area contributed by atoms with Crippen molar-refractivity contribution in [3.05, 3.63) is 29.8 Å². The van der Waals surface area contributed by atoms with Crippen LogP contribution < -0.4 is 4.74 Å². The molecule has 0 amide bonds. The number of carbonyl (C=O) groups excluding carboxylic acids is 1. The molecule has 3 rings (SSSR count). The van der Waals surface area contributed by atoms with E-state index in [1.54, 1.807) is 7.11 Å². The summed E-state index contributed by atoms with van der Waals surface area (Å²) in [5.74, 6) is -0.168. The van der Waals surface area contributed by atoms with Crippen molar-refractivity contribution in [1.82, 2.24) is 0 Å². The Balaban J connectivity index is 1.65. The summed E-state index contributed by atoms with van der Waals surface area (Å²) in [6.07, 6.45) is -2.48. The Kier molecular flexibility index (Phi) is 7.01. The summed E-state index contributed by atoms with van der Waals surface area (Å²) >= 11 is 0. The van der Waals surface area contributed by atoms with E-state index in [1.807, 2.05) is 38.1 Å². The minimum atomic E-state index is -2.05. The molecule has 0 spiro atoms. The average Bonchev–Trinajstić information content (AvgIpc) is 3.17. The van der Waals surface area contributed by atoms with Crippen LogP contribution in [0.1, 0.15) is 40.2 Å². The lowest BCUT2D eigenvalue weighted by molar-refractivity contribution is -0.234. The molecule has 2 heterocycles. The predicted molar refractivity (Wildman–Crippen MR) is 118 cm³/mol. The van der Waals surface area contributed by atoms with Crippen LogP contribution >= 0.6 is 0 Å². The molecule has 2 aliphatic heterocycles. The molecule has 0 saturated carbocycles. The highest BCUT2D eigenvalue weighted by atomic mass is 28.4. The Morgan fingerprint density at radius 1 is 1.10 bits per heavy atom. The first kappa shape index (κ1) is 24.4. The smallest absolute Gasteiger partial charge is 0.192 e. The summed E-state index contributed by atoms with van der Waals surface area (Å²) in [6, 6.07) is 7.60. The maximum Gasteiger partial charge on any atom is 0.192 e. The molecule has 8 heteroatoms. The maximum absolute atomic E-state index is 13.0. The van der Waals surface area contributed by atoms with Crippen LogP contribution in [0.5, 0.6) is 5.75 Å². The number of ketones is 1. The summed E-state index contributed by atoms with van der Waals surface area (Å²) in [5.41, 5.74) is 0.968. The molecule has 2 fully saturated rings. The third-order valence-electron chi connectivity index (χ3n) is 6.28. The molecule has 174 valence electrons. The lowest BCUT2D eigenvalue weighted by Gasteiger charge is -2.36. The fourth-order valence-corrected chi connectivity index (χ4v) is 4.34. The lowest BCUT2D eigenvalue weighted by Crippen LogP contribution is -2.45. The molecule has 0 bridgehead atoms. The van der Waals surface area contributed by atoms with Gasteiger partial charge in [-0.05, 0) is 49.7 Å². The molecule has 0 N–H and O–H groups in total. The molecule has 1 aromatic carbocycles. The third kappa shape index (κ3) is 5.56. The Hall–Kier alpha value is -1.29. The van der Waals surface area contributed by atoms with Gasteiger partial charge < -0.3 is 28.1 Å². The van der Waals surface area contributed by atoms with Crippen LogP contribution in [0, 0.1) is 0 Å². The first-order chi connectivity index (χ1) is 14.3. The highest BCUT2D eigenvalue weighted by Gasteiger charge is 2.58. The number of fused-ring (bicyclic) bond motifs is 1. The van der Waals surface area contributed by atoms with Crippen LogP contribution in [0.25, 0.3) is 0 Å². The van der Waals surface area contributed by atoms with E-state index >= 15 is 0 Å². The van der Waals surface area contributed by atoms with E-state index in [2.05, 4.69) is 33.9 Å². The van der Waals surface area contributed by atoms with Crippen molar-refractivity contribution in [2.45, 2.75) is 89.7 Å². The quantitative estimate of drug-likeness (QED) is 0.551. The topological polar surface area (TPSA) is 72.5 Å². The normalized spacial score (nSPS) is 27.9. The summed E-state index contributed by atoms with van der Waals surface area (Å²) in [5, 5.41) is 0.0192. The van der Waals surface area contributed by atoms with Gasteiger partial charge >= 0.3 is 0 Å². The number of Topliss-reactive ketones (excluding diaryl/α,β-unsaturated/α-hetero) is 1. The minimum Gasteiger partial charge on any atom is -0.497 e. The van der Waals surface area contributed by atoms with Gasteiger partial charge in [-0.1, -0.05) is 32.9 Å². The van der Waals surface area contributed by atoms with Gasteiger partial charge in [0, 0.05) is 0 Å². The SMILES string of the molecule is COc1ccc(CO[C@H]2O[C@H](C(=O)CO[Si](C)(C)C(C)(C)C)[C@@H]3OC(C)(C)O[C@H]23)cc1. The Morgan fingerprint density at radius 3 is 2.29 bits per heavy atom. The van der Waals surface area contributed by atoms with Gasteiger partial charge in [-0.25, -0.2) is 0 Å². The number of hydrogen-bond acceptors (Lipinski definition) is 7. The van der Waals surface area contributed by atoms with Crippen LogP contribution in [0.15, 0.2) is 24.3 Å². The van der Waals surface area contributed by atoms with Crippen molar-refractivity contribution < 1.29 is 32.9 Å². The number of carbonyl (C=O) groups is 1. The molecule has 7 nitrogen and oxygen atoms in total. The van der Waals surface area contributed by atoms with Crippen molar-refractivity contribution in [1.29, 1.82) is 0 Å². The summed E-state index contributed by atoms with van der Waals surface area (Å²) in [4.78, 5) is 13.0. The first-order valence-electron chi connectivity index (χ1n) is 10.8. The van der Waals surface area contributed by atoms with Crippen LogP contribution in [0.2, 0.25) is 18.1 Å². The zero-order chi connectivity index (χ0) is 23.0. The third-order valence-corrected chi connectivity index (χ3v) is 10.8. The Bertz CT molecular complexity index is 769. The van der Waals surface area contributed by atoms with E-state index < -0.39 is 38.7 Å². The second kappa shape index (κ2) is 8.92. The molecule has 4 atom stereocenters. The number of hydrogen-bond donors (Lipinski definition) is 0. The molecular weight excluding hydrogens is 416 g/mol. The Labute approximate surface area is 186 Å². The van der Waals surface area contributed by atoms with Gasteiger partial charge in [-0.3, -0.25) is 4.79 Å². The average molecular weight is 453 g/mol. The van der Waals surface area contributed by atoms with Crippen LogP contribution in [-0.4, -0.2) is 58.2 Å². The predicted octanol–water partition coefficient (Wildman–Crippen LogP) is 4.05. The highest BCUT2D eigenvalue weighted by Crippen LogP contribution is 2.40. The lowest BCUT2D eigenvalue weighted by atomic mass is 10.1. The highest BCUT2D eigenvalue weighted by molar-refractivity contribution is 6.74. The number of methoxy groups -OCH3 is 1.